The molecule has 0 aliphatic heterocycles. The Morgan fingerprint density at radius 1 is 1.64 bits per heavy atom. The van der Waals surface area contributed by atoms with Crippen molar-refractivity contribution in [3.63, 3.8) is 0 Å². The van der Waals surface area contributed by atoms with Gasteiger partial charge in [0.2, 0.25) is 0 Å². The molecule has 0 bridgehead atoms. The number of hydrogen-bond donors (Lipinski definition) is 2. The Labute approximate surface area is 65.0 Å². The molecule has 0 saturated heterocycles. The molecule has 0 aliphatic rings. The maximum Gasteiger partial charge on any atom is 0.378 e. The van der Waals surface area contributed by atoms with Crippen LogP contribution in [-0.4, -0.2) is 31.1 Å². The molecule has 0 unspecified atom stereocenters. The lowest BCUT2D eigenvalue weighted by atomic mass is 10.2. The third-order valence-electron chi connectivity index (χ3n) is 1.09. The van der Waals surface area contributed by atoms with Crippen LogP contribution in [-0.2, 0) is 14.2 Å². The van der Waals surface area contributed by atoms with Gasteiger partial charge in [0, 0.05) is 6.42 Å². The molecule has 2 radical (unpaired) electrons. The number of hydrogen-bond acceptors (Lipinski definition) is 4. The van der Waals surface area contributed by atoms with Crippen molar-refractivity contribution in [1.29, 1.82) is 0 Å². The van der Waals surface area contributed by atoms with Crippen LogP contribution >= 0.6 is 0 Å². The molecule has 0 aromatic carbocycles. The van der Waals surface area contributed by atoms with E-state index in [-0.39, 0.29) is 12.8 Å². The first-order valence-corrected chi connectivity index (χ1v) is 2.96. The minimum absolute atomic E-state index is 0.0331. The van der Waals surface area contributed by atoms with Gasteiger partial charge in [-0.2, -0.15) is 0 Å². The summed E-state index contributed by atoms with van der Waals surface area (Å²) >= 11 is 0. The largest absolute Gasteiger partial charge is 0.542 e. The van der Waals surface area contributed by atoms with Gasteiger partial charge in [0.15, 0.2) is 0 Å². The average Bonchev–Trinajstić information content (AvgIpc) is 1.98. The first-order valence-electron chi connectivity index (χ1n) is 2.96. The molecular formula is C5H8BNO4. The Morgan fingerprint density at radius 3 is 2.55 bits per heavy atom. The van der Waals surface area contributed by atoms with Crippen molar-refractivity contribution < 1.29 is 19.3 Å². The Kier molecular flexibility index (Phi) is 4.29. The zero-order valence-corrected chi connectivity index (χ0v) is 5.82. The van der Waals surface area contributed by atoms with Crippen molar-refractivity contribution in [2.45, 2.75) is 18.9 Å². The smallest absolute Gasteiger partial charge is 0.378 e. The molecule has 11 heavy (non-hydrogen) atoms. The van der Waals surface area contributed by atoms with E-state index >= 15 is 0 Å². The second-order valence-electron chi connectivity index (χ2n) is 1.98. The molecule has 0 saturated carbocycles. The predicted molar refractivity (Wildman–Crippen MR) is 36.7 cm³/mol. The Morgan fingerprint density at radius 2 is 2.18 bits per heavy atom. The normalized spacial score (nSPS) is 12.1. The Balaban J connectivity index is 3.60. The van der Waals surface area contributed by atoms with Crippen LogP contribution in [0.25, 0.3) is 0 Å². The molecule has 6 heteroatoms. The highest BCUT2D eigenvalue weighted by Crippen LogP contribution is 1.95. The van der Waals surface area contributed by atoms with Crippen LogP contribution in [0.1, 0.15) is 12.8 Å². The number of aliphatic carboxylic acids is 1. The summed E-state index contributed by atoms with van der Waals surface area (Å²) in [6.07, 6.45) is -0.137. The second-order valence-corrected chi connectivity index (χ2v) is 1.98. The summed E-state index contributed by atoms with van der Waals surface area (Å²) in [5, 5.41) is 8.18. The molecule has 1 atom stereocenters. The summed E-state index contributed by atoms with van der Waals surface area (Å²) in [7, 11) is 4.50. The third-order valence-corrected chi connectivity index (χ3v) is 1.09. The van der Waals surface area contributed by atoms with E-state index in [1.807, 2.05) is 0 Å². The zero-order chi connectivity index (χ0) is 8.85. The quantitative estimate of drug-likeness (QED) is 0.500. The van der Waals surface area contributed by atoms with Crippen molar-refractivity contribution in [2.75, 3.05) is 0 Å². The van der Waals surface area contributed by atoms with Gasteiger partial charge in [-0.3, -0.25) is 9.59 Å². The van der Waals surface area contributed by atoms with Gasteiger partial charge in [0.1, 0.15) is 6.04 Å². The Hall–Kier alpha value is -1.04. The monoisotopic (exact) mass is 157 g/mol. The van der Waals surface area contributed by atoms with E-state index < -0.39 is 18.0 Å². The molecule has 60 valence electrons. The van der Waals surface area contributed by atoms with E-state index in [0.29, 0.717) is 0 Å². The van der Waals surface area contributed by atoms with Gasteiger partial charge in [-0.25, -0.2) is 0 Å². The fourth-order valence-electron chi connectivity index (χ4n) is 0.484. The topological polar surface area (TPSA) is 89.6 Å². The highest BCUT2D eigenvalue weighted by Gasteiger charge is 2.13. The van der Waals surface area contributed by atoms with Gasteiger partial charge >= 0.3 is 20.0 Å². The van der Waals surface area contributed by atoms with Crippen molar-refractivity contribution in [3.8, 4) is 0 Å². The number of carboxylic acid groups (broad SMARTS) is 1. The molecule has 0 amide bonds. The van der Waals surface area contributed by atoms with Crippen molar-refractivity contribution in [3.05, 3.63) is 0 Å². The van der Waals surface area contributed by atoms with Crippen molar-refractivity contribution in [1.82, 2.24) is 0 Å². The summed E-state index contributed by atoms with van der Waals surface area (Å²) in [5.41, 5.74) is 5.16. The number of carbonyl (C=O) groups excluding carboxylic acids is 1. The van der Waals surface area contributed by atoms with E-state index in [9.17, 15) is 9.59 Å². The van der Waals surface area contributed by atoms with E-state index in [4.69, 9.17) is 10.8 Å². The van der Waals surface area contributed by atoms with Crippen LogP contribution in [0, 0.1) is 0 Å². The lowest BCUT2D eigenvalue weighted by Gasteiger charge is -2.06. The van der Waals surface area contributed by atoms with Crippen LogP contribution < -0.4 is 5.73 Å². The minimum Gasteiger partial charge on any atom is -0.542 e. The summed E-state index contributed by atoms with van der Waals surface area (Å²) < 4.78 is 3.79. The molecule has 0 fully saturated rings. The molecule has 0 rings (SSSR count). The fraction of sp³-hybridized carbons (Fsp3) is 0.600. The number of carbonyl (C=O) groups is 2. The average molecular weight is 157 g/mol. The maximum absolute atomic E-state index is 10.5. The van der Waals surface area contributed by atoms with Gasteiger partial charge in [0.05, 0.1) is 0 Å². The lowest BCUT2D eigenvalue weighted by molar-refractivity contribution is -0.138. The molecule has 0 aromatic heterocycles. The van der Waals surface area contributed by atoms with E-state index in [2.05, 4.69) is 12.7 Å². The molecule has 0 aliphatic carbocycles. The van der Waals surface area contributed by atoms with Gasteiger partial charge < -0.3 is 15.5 Å². The lowest BCUT2D eigenvalue weighted by Crippen LogP contribution is -2.32. The van der Waals surface area contributed by atoms with Crippen LogP contribution in [0.2, 0.25) is 0 Å². The number of rotatable bonds is 4. The van der Waals surface area contributed by atoms with Crippen LogP contribution in [0.5, 0.6) is 0 Å². The summed E-state index contributed by atoms with van der Waals surface area (Å²) in [6.45, 7) is 0. The molecule has 0 spiro atoms. The molecular weight excluding hydrogens is 149 g/mol. The molecule has 5 nitrogen and oxygen atoms in total. The van der Waals surface area contributed by atoms with Crippen LogP contribution in [0.15, 0.2) is 0 Å². The van der Waals surface area contributed by atoms with E-state index in [1.54, 1.807) is 0 Å². The Bertz CT molecular complexity index is 161. The standard InChI is InChI=1S/C5H8BNO4/c6-11-5(10)3(7)1-2-4(8)9/h3H,1-2,7H2,(H,8,9)/t3-/m1/s1. The summed E-state index contributed by atoms with van der Waals surface area (Å²) in [5.74, 6) is -1.81. The molecule has 0 heterocycles. The molecule has 0 aromatic rings. The zero-order valence-electron chi connectivity index (χ0n) is 5.82. The second kappa shape index (κ2) is 4.73. The van der Waals surface area contributed by atoms with Crippen LogP contribution in [0.3, 0.4) is 0 Å². The SMILES string of the molecule is [B]OC(=O)[C@H](N)CCC(=O)O. The van der Waals surface area contributed by atoms with Gasteiger partial charge in [-0.1, -0.05) is 0 Å². The van der Waals surface area contributed by atoms with Gasteiger partial charge in [0.25, 0.3) is 0 Å². The summed E-state index contributed by atoms with van der Waals surface area (Å²) in [6, 6.07) is -0.948. The highest BCUT2D eigenvalue weighted by atomic mass is 16.5. The van der Waals surface area contributed by atoms with Crippen LogP contribution in [0.4, 0.5) is 0 Å². The number of nitrogens with two attached hydrogens (primary N) is 1. The van der Waals surface area contributed by atoms with Gasteiger partial charge in [-0.05, 0) is 6.42 Å². The third kappa shape index (κ3) is 4.38. The number of carboxylic acids is 1. The van der Waals surface area contributed by atoms with Crippen molar-refractivity contribution in [2.24, 2.45) is 5.73 Å². The highest BCUT2D eigenvalue weighted by molar-refractivity contribution is 6.06. The maximum atomic E-state index is 10.5. The first-order chi connectivity index (χ1) is 5.07. The minimum atomic E-state index is -1.01. The first kappa shape index (κ1) is 9.96. The van der Waals surface area contributed by atoms with E-state index in [0.717, 1.165) is 0 Å². The molecule has 3 N–H and O–H groups in total. The predicted octanol–water partition coefficient (Wildman–Crippen LogP) is -1.19. The fourth-order valence-corrected chi connectivity index (χ4v) is 0.484. The van der Waals surface area contributed by atoms with Crippen molar-refractivity contribution >= 4 is 20.0 Å². The van der Waals surface area contributed by atoms with E-state index in [1.165, 1.54) is 0 Å². The summed E-state index contributed by atoms with van der Waals surface area (Å²) in [4.78, 5) is 20.4. The van der Waals surface area contributed by atoms with Gasteiger partial charge in [-0.15, -0.1) is 0 Å².